The molecule has 2 unspecified atom stereocenters. The molecular formula is C37H47N3O5S. The molecule has 4 rings (SSSR count). The number of allylic oxidation sites excluding steroid dienone is 5. The van der Waals surface area contributed by atoms with Crippen LogP contribution in [0.5, 0.6) is 5.75 Å². The van der Waals surface area contributed by atoms with Gasteiger partial charge in [-0.3, -0.25) is 9.00 Å². The molecule has 1 aromatic heterocycles. The molecule has 1 aliphatic rings. The first-order chi connectivity index (χ1) is 22.3. The van der Waals surface area contributed by atoms with Crippen LogP contribution in [0.25, 0.3) is 5.57 Å². The number of ether oxygens (including phenoxy) is 3. The number of nitrogens with one attached hydrogen (secondary N) is 1. The zero-order valence-corrected chi connectivity index (χ0v) is 28.5. The van der Waals surface area contributed by atoms with Crippen LogP contribution in [0, 0.1) is 12.8 Å². The Kier molecular flexibility index (Phi) is 13.4. The van der Waals surface area contributed by atoms with Crippen molar-refractivity contribution in [2.45, 2.75) is 70.6 Å². The molecule has 9 heteroatoms. The van der Waals surface area contributed by atoms with Gasteiger partial charge in [-0.15, -0.1) is 0 Å². The first-order valence-corrected chi connectivity index (χ1v) is 17.4. The standard InChI is InChI=1S/C37H47N3O5S/c1-6-8-20-44-21-22-45-33-14-9-29(10-15-33)31-23-27(3)37(43-5)30(24-31)11-18-36(41)39-32-12-16-34(17-13-32)46(42)25-35-28(4)38-26-40(35)19-7-2/h9-18,24,26-27H,6-8,19-23,25H2,1-5H3,(H,39,41)/b18-11+. The maximum Gasteiger partial charge on any atom is 0.248 e. The lowest BCUT2D eigenvalue weighted by molar-refractivity contribution is -0.111. The summed E-state index contributed by atoms with van der Waals surface area (Å²) in [6, 6.07) is 15.2. The van der Waals surface area contributed by atoms with E-state index >= 15 is 0 Å². The Morgan fingerprint density at radius 1 is 1.07 bits per heavy atom. The van der Waals surface area contributed by atoms with Gasteiger partial charge in [0, 0.05) is 41.3 Å². The minimum atomic E-state index is -1.22. The Morgan fingerprint density at radius 2 is 1.83 bits per heavy atom. The van der Waals surface area contributed by atoms with Gasteiger partial charge in [-0.25, -0.2) is 4.98 Å². The van der Waals surface area contributed by atoms with Crippen molar-refractivity contribution in [1.82, 2.24) is 9.55 Å². The number of imidazole rings is 1. The second-order valence-electron chi connectivity index (χ2n) is 11.4. The lowest BCUT2D eigenvalue weighted by atomic mass is 9.86. The van der Waals surface area contributed by atoms with E-state index < -0.39 is 10.8 Å². The number of rotatable bonds is 17. The molecule has 246 valence electrons. The van der Waals surface area contributed by atoms with Gasteiger partial charge in [0.2, 0.25) is 5.91 Å². The van der Waals surface area contributed by atoms with Crippen LogP contribution in [0.1, 0.15) is 63.4 Å². The first kappa shape index (κ1) is 34.9. The number of anilines is 1. The number of nitrogens with zero attached hydrogens (tertiary/aromatic N) is 2. The van der Waals surface area contributed by atoms with Crippen LogP contribution in [0.3, 0.4) is 0 Å². The molecule has 0 bridgehead atoms. The second-order valence-corrected chi connectivity index (χ2v) is 12.9. The second kappa shape index (κ2) is 17.7. The number of methoxy groups -OCH3 is 1. The molecule has 0 spiro atoms. The normalized spacial score (nSPS) is 15.6. The van der Waals surface area contributed by atoms with Crippen molar-refractivity contribution < 1.29 is 23.2 Å². The third-order valence-electron chi connectivity index (χ3n) is 7.86. The van der Waals surface area contributed by atoms with Crippen LogP contribution in [0.2, 0.25) is 0 Å². The number of aromatic nitrogens is 2. The van der Waals surface area contributed by atoms with E-state index in [1.165, 1.54) is 11.6 Å². The van der Waals surface area contributed by atoms with E-state index in [4.69, 9.17) is 14.2 Å². The molecule has 0 aliphatic heterocycles. The Morgan fingerprint density at radius 3 is 2.52 bits per heavy atom. The number of amides is 1. The average molecular weight is 646 g/mol. The number of carbonyl (C=O) groups is 1. The summed E-state index contributed by atoms with van der Waals surface area (Å²) in [5.41, 5.74) is 5.66. The molecule has 8 nitrogen and oxygen atoms in total. The van der Waals surface area contributed by atoms with E-state index in [2.05, 4.69) is 53.8 Å². The Bertz CT molecular complexity index is 1550. The van der Waals surface area contributed by atoms with Crippen LogP contribution in [0.15, 0.2) is 89.3 Å². The maximum absolute atomic E-state index is 13.1. The van der Waals surface area contributed by atoms with Gasteiger partial charge >= 0.3 is 0 Å². The van der Waals surface area contributed by atoms with Gasteiger partial charge in [-0.1, -0.05) is 39.3 Å². The fraction of sp³-hybridized carbons (Fsp3) is 0.405. The topological polar surface area (TPSA) is 91.7 Å². The van der Waals surface area contributed by atoms with Gasteiger partial charge in [0.1, 0.15) is 18.1 Å². The van der Waals surface area contributed by atoms with Crippen molar-refractivity contribution in [3.63, 3.8) is 0 Å². The van der Waals surface area contributed by atoms with E-state index in [1.807, 2.05) is 25.4 Å². The third-order valence-corrected chi connectivity index (χ3v) is 9.19. The number of benzene rings is 2. The molecule has 1 heterocycles. The fourth-order valence-corrected chi connectivity index (χ4v) is 6.61. The van der Waals surface area contributed by atoms with E-state index in [0.29, 0.717) is 29.5 Å². The molecule has 3 aromatic rings. The van der Waals surface area contributed by atoms with Crippen molar-refractivity contribution >= 4 is 28.0 Å². The zero-order valence-electron chi connectivity index (χ0n) is 27.7. The molecule has 1 amide bonds. The largest absolute Gasteiger partial charge is 0.500 e. The molecular weight excluding hydrogens is 598 g/mol. The van der Waals surface area contributed by atoms with Crippen molar-refractivity contribution in [2.24, 2.45) is 5.92 Å². The van der Waals surface area contributed by atoms with E-state index in [-0.39, 0.29) is 11.8 Å². The summed E-state index contributed by atoms with van der Waals surface area (Å²) in [4.78, 5) is 18.0. The van der Waals surface area contributed by atoms with E-state index in [0.717, 1.165) is 72.9 Å². The quantitative estimate of drug-likeness (QED) is 0.120. The molecule has 0 saturated carbocycles. The monoisotopic (exact) mass is 645 g/mol. The molecule has 46 heavy (non-hydrogen) atoms. The molecule has 1 N–H and O–H groups in total. The lowest BCUT2D eigenvalue weighted by Gasteiger charge is -2.24. The van der Waals surface area contributed by atoms with E-state index in [1.54, 1.807) is 37.5 Å². The summed E-state index contributed by atoms with van der Waals surface area (Å²) in [6.45, 7) is 11.1. The summed E-state index contributed by atoms with van der Waals surface area (Å²) in [5, 5.41) is 2.91. The minimum Gasteiger partial charge on any atom is -0.500 e. The third kappa shape index (κ3) is 9.77. The number of carbonyl (C=O) groups excluding carboxylic acids is 1. The summed E-state index contributed by atoms with van der Waals surface area (Å²) in [7, 11) is 0.444. The van der Waals surface area contributed by atoms with Gasteiger partial charge < -0.3 is 24.1 Å². The van der Waals surface area contributed by atoms with Gasteiger partial charge in [-0.05, 0) is 85.9 Å². The van der Waals surface area contributed by atoms with E-state index in [9.17, 15) is 9.00 Å². The van der Waals surface area contributed by atoms with Gasteiger partial charge in [-0.2, -0.15) is 0 Å². The minimum absolute atomic E-state index is 0.154. The van der Waals surface area contributed by atoms with Crippen LogP contribution in [-0.4, -0.2) is 46.6 Å². The smallest absolute Gasteiger partial charge is 0.248 e. The molecule has 2 atom stereocenters. The van der Waals surface area contributed by atoms with Crippen molar-refractivity contribution in [2.75, 3.05) is 32.2 Å². The summed E-state index contributed by atoms with van der Waals surface area (Å²) >= 11 is 0. The Balaban J connectivity index is 1.36. The number of unbranched alkanes of at least 4 members (excludes halogenated alkanes) is 1. The van der Waals surface area contributed by atoms with Crippen LogP contribution < -0.4 is 10.1 Å². The Hall–Kier alpha value is -3.95. The fourth-order valence-electron chi connectivity index (χ4n) is 5.38. The summed E-state index contributed by atoms with van der Waals surface area (Å²) in [5.74, 6) is 1.95. The van der Waals surface area contributed by atoms with Crippen LogP contribution >= 0.6 is 0 Å². The predicted octanol–water partition coefficient (Wildman–Crippen LogP) is 7.62. The van der Waals surface area contributed by atoms with Gasteiger partial charge in [0.15, 0.2) is 0 Å². The lowest BCUT2D eigenvalue weighted by Crippen LogP contribution is -2.11. The van der Waals surface area contributed by atoms with Crippen molar-refractivity contribution in [3.8, 4) is 5.75 Å². The molecule has 0 radical (unpaired) electrons. The van der Waals surface area contributed by atoms with Crippen LogP contribution in [0.4, 0.5) is 5.69 Å². The number of hydrogen-bond donors (Lipinski definition) is 1. The maximum atomic E-state index is 13.1. The molecule has 0 fully saturated rings. The number of aryl methyl sites for hydroxylation is 2. The SMILES string of the molecule is CCCCOCCOc1ccc(C2=CC(/C=C/C(=O)Nc3ccc(S(=O)Cc4c(C)ncn4CCC)cc3)=C(OC)C(C)C2)cc1. The van der Waals surface area contributed by atoms with Crippen LogP contribution in [-0.2, 0) is 37.4 Å². The highest BCUT2D eigenvalue weighted by Crippen LogP contribution is 2.36. The predicted molar refractivity (Wildman–Crippen MR) is 185 cm³/mol. The van der Waals surface area contributed by atoms with Crippen molar-refractivity contribution in [1.29, 1.82) is 0 Å². The highest BCUT2D eigenvalue weighted by Gasteiger charge is 2.21. The highest BCUT2D eigenvalue weighted by molar-refractivity contribution is 7.84. The Labute approximate surface area is 276 Å². The average Bonchev–Trinajstić information content (AvgIpc) is 3.40. The zero-order chi connectivity index (χ0) is 32.9. The summed E-state index contributed by atoms with van der Waals surface area (Å²) < 4.78 is 32.3. The van der Waals surface area contributed by atoms with Gasteiger partial charge in [0.05, 0.1) is 48.0 Å². The molecule has 2 aromatic carbocycles. The molecule has 0 saturated heterocycles. The van der Waals surface area contributed by atoms with Gasteiger partial charge in [0.25, 0.3) is 0 Å². The number of hydrogen-bond acceptors (Lipinski definition) is 6. The van der Waals surface area contributed by atoms with Crippen molar-refractivity contribution in [3.05, 3.63) is 101 Å². The highest BCUT2D eigenvalue weighted by atomic mass is 32.2. The summed E-state index contributed by atoms with van der Waals surface area (Å²) in [6.07, 6.45) is 11.2. The molecule has 1 aliphatic carbocycles. The first-order valence-electron chi connectivity index (χ1n) is 16.1.